The molecule has 1 aliphatic rings. The Bertz CT molecular complexity index is 956. The maximum Gasteiger partial charge on any atom is 0.251 e. The van der Waals surface area contributed by atoms with Crippen molar-refractivity contribution in [3.05, 3.63) is 107 Å². The number of benzene rings is 3. The molecule has 3 aromatic carbocycles. The summed E-state index contributed by atoms with van der Waals surface area (Å²) in [6.07, 6.45) is 1.15. The van der Waals surface area contributed by atoms with Crippen LogP contribution in [0.15, 0.2) is 78.9 Å². The van der Waals surface area contributed by atoms with Crippen molar-refractivity contribution in [2.45, 2.75) is 25.3 Å². The van der Waals surface area contributed by atoms with Crippen LogP contribution in [0.4, 0.5) is 0 Å². The van der Waals surface area contributed by atoms with E-state index < -0.39 is 0 Å². The topological polar surface area (TPSA) is 33.5 Å². The molecule has 1 atom stereocenters. The predicted molar refractivity (Wildman–Crippen MR) is 125 cm³/mol. The van der Waals surface area contributed by atoms with Gasteiger partial charge in [-0.05, 0) is 23.3 Å². The van der Waals surface area contributed by atoms with Crippen molar-refractivity contribution in [1.82, 2.24) is 5.32 Å². The highest BCUT2D eigenvalue weighted by Crippen LogP contribution is 2.12. The van der Waals surface area contributed by atoms with E-state index in [1.165, 1.54) is 28.8 Å². The zero-order valence-corrected chi connectivity index (χ0v) is 18.1. The van der Waals surface area contributed by atoms with Crippen LogP contribution in [0, 0.1) is 0 Å². The molecule has 0 spiro atoms. The molecule has 4 heteroatoms. The molecular weight excluding hydrogens is 388 g/mol. The highest BCUT2D eigenvalue weighted by molar-refractivity contribution is 7.98. The van der Waals surface area contributed by atoms with Crippen molar-refractivity contribution < 1.29 is 9.69 Å². The number of hydrogen-bond donors (Lipinski definition) is 2. The summed E-state index contributed by atoms with van der Waals surface area (Å²) < 4.78 is 0. The average molecular weight is 418 g/mol. The maximum absolute atomic E-state index is 12.4. The number of carbonyl (C=O) groups is 1. The van der Waals surface area contributed by atoms with E-state index in [4.69, 9.17) is 0 Å². The molecule has 0 aliphatic carbocycles. The van der Waals surface area contributed by atoms with Gasteiger partial charge < -0.3 is 10.2 Å². The molecule has 3 nitrogen and oxygen atoms in total. The van der Waals surface area contributed by atoms with Gasteiger partial charge in [0.2, 0.25) is 0 Å². The molecule has 0 radical (unpaired) electrons. The summed E-state index contributed by atoms with van der Waals surface area (Å²) in [7, 11) is 0. The van der Waals surface area contributed by atoms with Crippen LogP contribution >= 0.6 is 11.8 Å². The molecule has 1 unspecified atom stereocenters. The third kappa shape index (κ3) is 5.74. The molecule has 30 heavy (non-hydrogen) atoms. The van der Waals surface area contributed by atoms with Gasteiger partial charge in [-0.3, -0.25) is 4.79 Å². The molecule has 1 amide bonds. The number of carbonyl (C=O) groups excluding carboxylic acids is 1. The lowest BCUT2D eigenvalue weighted by atomic mass is 9.99. The second-order valence-corrected chi connectivity index (χ2v) is 8.97. The van der Waals surface area contributed by atoms with Gasteiger partial charge in [0, 0.05) is 41.2 Å². The van der Waals surface area contributed by atoms with Crippen molar-refractivity contribution in [3.8, 4) is 0 Å². The molecule has 0 bridgehead atoms. The molecular formula is C26H29N2OS+. The molecule has 0 saturated carbocycles. The van der Waals surface area contributed by atoms with Gasteiger partial charge in [0.15, 0.2) is 0 Å². The van der Waals surface area contributed by atoms with Gasteiger partial charge in [0.1, 0.15) is 13.1 Å². The van der Waals surface area contributed by atoms with E-state index in [1.807, 2.05) is 30.0 Å². The Kier molecular flexibility index (Phi) is 7.22. The number of hydrogen-bond acceptors (Lipinski definition) is 2. The molecule has 4 rings (SSSR count). The van der Waals surface area contributed by atoms with E-state index >= 15 is 0 Å². The Labute approximate surface area is 183 Å². The van der Waals surface area contributed by atoms with Crippen LogP contribution in [0.3, 0.4) is 0 Å². The third-order valence-electron chi connectivity index (χ3n) is 5.62. The largest absolute Gasteiger partial charge is 0.351 e. The Morgan fingerprint density at radius 2 is 1.60 bits per heavy atom. The normalized spacial score (nSPS) is 15.4. The Morgan fingerprint density at radius 1 is 0.867 bits per heavy atom. The van der Waals surface area contributed by atoms with Gasteiger partial charge in [-0.2, -0.15) is 11.8 Å². The minimum absolute atomic E-state index is 0.0149. The number of amides is 1. The Balaban J connectivity index is 1.20. The Morgan fingerprint density at radius 3 is 2.40 bits per heavy atom. The first-order valence-corrected chi connectivity index (χ1v) is 11.8. The van der Waals surface area contributed by atoms with Crippen molar-refractivity contribution in [1.29, 1.82) is 0 Å². The van der Waals surface area contributed by atoms with Crippen molar-refractivity contribution in [3.63, 3.8) is 0 Å². The second-order valence-electron chi connectivity index (χ2n) is 7.86. The van der Waals surface area contributed by atoms with E-state index in [1.54, 1.807) is 4.90 Å². The van der Waals surface area contributed by atoms with E-state index in [0.717, 1.165) is 36.6 Å². The predicted octanol–water partition coefficient (Wildman–Crippen LogP) is 3.49. The fourth-order valence-electron chi connectivity index (χ4n) is 3.96. The lowest BCUT2D eigenvalue weighted by Crippen LogP contribution is -3.10. The quantitative estimate of drug-likeness (QED) is 0.550. The van der Waals surface area contributed by atoms with E-state index in [9.17, 15) is 4.79 Å². The van der Waals surface area contributed by atoms with Gasteiger partial charge in [0.25, 0.3) is 5.91 Å². The first-order valence-electron chi connectivity index (χ1n) is 10.7. The molecule has 3 aromatic rings. The van der Waals surface area contributed by atoms with Crippen molar-refractivity contribution >= 4 is 17.7 Å². The summed E-state index contributed by atoms with van der Waals surface area (Å²) in [6, 6.07) is 27.3. The fourth-order valence-corrected chi connectivity index (χ4v) is 4.78. The number of nitrogens with one attached hydrogen (secondary N) is 2. The van der Waals surface area contributed by atoms with Gasteiger partial charge in [0.05, 0.1) is 6.54 Å². The molecule has 1 heterocycles. The molecule has 0 saturated heterocycles. The van der Waals surface area contributed by atoms with Crippen molar-refractivity contribution in [2.75, 3.05) is 18.8 Å². The van der Waals surface area contributed by atoms with Crippen LogP contribution < -0.4 is 10.2 Å². The second kappa shape index (κ2) is 10.5. The minimum Gasteiger partial charge on any atom is -0.351 e. The third-order valence-corrected chi connectivity index (χ3v) is 6.65. The summed E-state index contributed by atoms with van der Waals surface area (Å²) in [5.74, 6) is 1.91. The van der Waals surface area contributed by atoms with Crippen LogP contribution in [0.25, 0.3) is 0 Å². The highest BCUT2D eigenvalue weighted by Gasteiger charge is 2.19. The lowest BCUT2D eigenvalue weighted by Gasteiger charge is -2.26. The van der Waals surface area contributed by atoms with Gasteiger partial charge in [-0.1, -0.05) is 66.7 Å². The molecule has 0 aromatic heterocycles. The molecule has 1 aliphatic heterocycles. The van der Waals surface area contributed by atoms with Gasteiger partial charge in [-0.15, -0.1) is 0 Å². The van der Waals surface area contributed by atoms with E-state index in [-0.39, 0.29) is 5.91 Å². The summed E-state index contributed by atoms with van der Waals surface area (Å²) in [6.45, 7) is 3.95. The Hall–Kier alpha value is -2.56. The minimum atomic E-state index is 0.0149. The SMILES string of the molecule is O=C(NCCSCc1ccccc1)c1ccc(C[NH+]2CCc3ccccc3C2)cc1. The number of fused-ring (bicyclic) bond motifs is 1. The summed E-state index contributed by atoms with van der Waals surface area (Å²) >= 11 is 1.84. The zero-order valence-electron chi connectivity index (χ0n) is 17.3. The number of thioether (sulfide) groups is 1. The smallest absolute Gasteiger partial charge is 0.251 e. The van der Waals surface area contributed by atoms with Crippen LogP contribution in [0.1, 0.15) is 32.6 Å². The van der Waals surface area contributed by atoms with Crippen LogP contribution in [-0.2, 0) is 25.3 Å². The van der Waals surface area contributed by atoms with Crippen molar-refractivity contribution in [2.24, 2.45) is 0 Å². The van der Waals surface area contributed by atoms with E-state index in [0.29, 0.717) is 6.54 Å². The maximum atomic E-state index is 12.4. The monoisotopic (exact) mass is 417 g/mol. The van der Waals surface area contributed by atoms with E-state index in [2.05, 4.69) is 66.0 Å². The highest BCUT2D eigenvalue weighted by atomic mass is 32.2. The van der Waals surface area contributed by atoms with Gasteiger partial charge in [-0.25, -0.2) is 0 Å². The molecule has 0 fully saturated rings. The average Bonchev–Trinajstić information content (AvgIpc) is 2.80. The molecule has 154 valence electrons. The van der Waals surface area contributed by atoms with Crippen LogP contribution in [0.5, 0.6) is 0 Å². The van der Waals surface area contributed by atoms with Crippen LogP contribution in [0.2, 0.25) is 0 Å². The fraction of sp³-hybridized carbons (Fsp3) is 0.269. The first kappa shape index (κ1) is 20.7. The number of rotatable bonds is 8. The number of quaternary nitrogens is 1. The summed E-state index contributed by atoms with van der Waals surface area (Å²) in [5, 5.41) is 3.03. The zero-order chi connectivity index (χ0) is 20.6. The summed E-state index contributed by atoms with van der Waals surface area (Å²) in [5.41, 5.74) is 6.32. The van der Waals surface area contributed by atoms with Gasteiger partial charge >= 0.3 is 0 Å². The standard InChI is InChI=1S/C26H28N2OS/c29-26(27-15-17-30-20-22-6-2-1-3-7-22)24-12-10-21(11-13-24)18-28-16-14-23-8-4-5-9-25(23)19-28/h1-13H,14-20H2,(H,27,29)/p+1. The van der Waals surface area contributed by atoms with Crippen LogP contribution in [-0.4, -0.2) is 24.7 Å². The summed E-state index contributed by atoms with van der Waals surface area (Å²) in [4.78, 5) is 14.0. The molecule has 2 N–H and O–H groups in total. The lowest BCUT2D eigenvalue weighted by molar-refractivity contribution is -0.929. The first-order chi connectivity index (χ1) is 14.8.